The molecule has 0 bridgehead atoms. The lowest BCUT2D eigenvalue weighted by Gasteiger charge is -2.18. The summed E-state index contributed by atoms with van der Waals surface area (Å²) in [5.74, 6) is 4.99. The molecule has 10 nitrogen and oxygen atoms in total. The number of carbonyl (C=O) groups excluding carboxylic acids is 2. The summed E-state index contributed by atoms with van der Waals surface area (Å²) in [5, 5.41) is 0. The fourth-order valence-corrected chi connectivity index (χ4v) is 9.76. The third-order valence-corrected chi connectivity index (χ3v) is 14.7. The number of ether oxygens (including phenoxy) is 8. The zero-order chi connectivity index (χ0) is 58.5. The van der Waals surface area contributed by atoms with E-state index >= 15 is 0 Å². The van der Waals surface area contributed by atoms with Crippen LogP contribution in [0.5, 0.6) is 46.0 Å². The number of carbonyl (C=O) groups is 2. The summed E-state index contributed by atoms with van der Waals surface area (Å²) in [6.45, 7) is 8.33. The van der Waals surface area contributed by atoms with Crippen molar-refractivity contribution in [3.05, 3.63) is 181 Å². The fourth-order valence-electron chi connectivity index (χ4n) is 9.76. The van der Waals surface area contributed by atoms with E-state index < -0.39 is 11.9 Å². The highest BCUT2D eigenvalue weighted by Crippen LogP contribution is 2.41. The Labute approximate surface area is 501 Å². The van der Waals surface area contributed by atoms with Gasteiger partial charge in [-0.05, 0) is 159 Å². The summed E-state index contributed by atoms with van der Waals surface area (Å²) < 4.78 is 47.9. The van der Waals surface area contributed by atoms with Crippen molar-refractivity contribution in [1.82, 2.24) is 0 Å². The summed E-state index contributed by atoms with van der Waals surface area (Å²) in [5.41, 5.74) is 5.29. The molecule has 0 aliphatic carbocycles. The second-order valence-corrected chi connectivity index (χ2v) is 21.5. The van der Waals surface area contributed by atoms with Crippen LogP contribution in [0.2, 0.25) is 0 Å². The number of hydrogen-bond acceptors (Lipinski definition) is 10. The molecule has 0 amide bonds. The second-order valence-electron chi connectivity index (χ2n) is 21.5. The summed E-state index contributed by atoms with van der Waals surface area (Å²) in [6.07, 6.45) is 24.7. The van der Waals surface area contributed by atoms with E-state index in [9.17, 15) is 9.59 Å². The smallest absolute Gasteiger partial charge is 0.343 e. The fraction of sp³-hybridized carbons (Fsp3) is 0.405. The zero-order valence-electron chi connectivity index (χ0n) is 50.0. The summed E-state index contributed by atoms with van der Waals surface area (Å²) >= 11 is 0. The van der Waals surface area contributed by atoms with Crippen molar-refractivity contribution >= 4 is 11.9 Å². The van der Waals surface area contributed by atoms with E-state index in [1.807, 2.05) is 48.5 Å². The minimum absolute atomic E-state index is 0.401. The molecule has 84 heavy (non-hydrogen) atoms. The standard InChI is InChI=1S/C74H90O10/c1-3-5-25-51-77-63-39-35-61(36-40-63)73(75)83-67-47-43-65(44-48-67)79-53-27-15-11-7-9-13-17-29-55-81-71-57-70(60-33-23-20-24-34-60)72(58-69(71)59-31-21-19-22-32-59)82-56-30-18-14-10-8-12-16-28-54-80-66-45-49-68(50-46-66)84-74(76)62-37-41-64(42-38-62)78-52-26-6-4-2/h19-24,31-50,57-58H,3-18,25-30,51-56H2,1-2H3. The Morgan fingerprint density at radius 3 is 0.821 bits per heavy atom. The predicted octanol–water partition coefficient (Wildman–Crippen LogP) is 19.8. The topological polar surface area (TPSA) is 108 Å². The lowest BCUT2D eigenvalue weighted by Crippen LogP contribution is -2.08. The van der Waals surface area contributed by atoms with Crippen LogP contribution in [0.25, 0.3) is 22.3 Å². The van der Waals surface area contributed by atoms with Crippen LogP contribution >= 0.6 is 0 Å². The molecule has 0 fully saturated rings. The average molecular weight is 1140 g/mol. The van der Waals surface area contributed by atoms with Crippen molar-refractivity contribution in [2.24, 2.45) is 0 Å². The first kappa shape index (κ1) is 63.9. The van der Waals surface area contributed by atoms with Crippen LogP contribution in [0, 0.1) is 0 Å². The highest BCUT2D eigenvalue weighted by molar-refractivity contribution is 5.92. The zero-order valence-corrected chi connectivity index (χ0v) is 50.0. The van der Waals surface area contributed by atoms with E-state index in [0.29, 0.717) is 62.3 Å². The molecule has 0 aliphatic heterocycles. The molecule has 0 spiro atoms. The maximum atomic E-state index is 12.7. The first-order valence-electron chi connectivity index (χ1n) is 31.4. The molecular formula is C74H90O10. The van der Waals surface area contributed by atoms with Gasteiger partial charge in [-0.15, -0.1) is 0 Å². The first-order chi connectivity index (χ1) is 41.4. The lowest BCUT2D eigenvalue weighted by atomic mass is 9.98. The van der Waals surface area contributed by atoms with E-state index in [2.05, 4.69) is 86.6 Å². The van der Waals surface area contributed by atoms with Crippen molar-refractivity contribution in [3.8, 4) is 68.2 Å². The third-order valence-electron chi connectivity index (χ3n) is 14.7. The third kappa shape index (κ3) is 23.5. The van der Waals surface area contributed by atoms with Crippen LogP contribution in [-0.2, 0) is 0 Å². The van der Waals surface area contributed by atoms with E-state index in [1.54, 1.807) is 48.5 Å². The van der Waals surface area contributed by atoms with Gasteiger partial charge in [0.25, 0.3) is 0 Å². The molecule has 7 aromatic carbocycles. The largest absolute Gasteiger partial charge is 0.494 e. The van der Waals surface area contributed by atoms with E-state index in [0.717, 1.165) is 147 Å². The van der Waals surface area contributed by atoms with Gasteiger partial charge in [0.1, 0.15) is 46.0 Å². The van der Waals surface area contributed by atoms with Gasteiger partial charge < -0.3 is 37.9 Å². The molecule has 0 atom stereocenters. The highest BCUT2D eigenvalue weighted by Gasteiger charge is 2.17. The monoisotopic (exact) mass is 1140 g/mol. The molecule has 0 aromatic heterocycles. The van der Waals surface area contributed by atoms with Crippen LogP contribution in [-0.4, -0.2) is 51.6 Å². The Morgan fingerprint density at radius 1 is 0.274 bits per heavy atom. The van der Waals surface area contributed by atoms with E-state index in [-0.39, 0.29) is 0 Å². The van der Waals surface area contributed by atoms with Gasteiger partial charge in [0.05, 0.1) is 50.8 Å². The van der Waals surface area contributed by atoms with Gasteiger partial charge in [-0.2, -0.15) is 0 Å². The first-order valence-corrected chi connectivity index (χ1v) is 31.4. The lowest BCUT2D eigenvalue weighted by molar-refractivity contribution is 0.0725. The van der Waals surface area contributed by atoms with Gasteiger partial charge in [-0.1, -0.05) is 177 Å². The summed E-state index contributed by atoms with van der Waals surface area (Å²) in [4.78, 5) is 25.4. The van der Waals surface area contributed by atoms with E-state index in [4.69, 9.17) is 37.9 Å². The quantitative estimate of drug-likeness (QED) is 0.0209. The van der Waals surface area contributed by atoms with Crippen molar-refractivity contribution in [2.75, 3.05) is 39.6 Å². The Hall–Kier alpha value is -7.72. The Kier molecular flexibility index (Phi) is 29.0. The van der Waals surface area contributed by atoms with Crippen LogP contribution in [0.1, 0.15) is 176 Å². The number of benzene rings is 7. The normalized spacial score (nSPS) is 11.0. The number of rotatable bonds is 42. The van der Waals surface area contributed by atoms with Crippen LogP contribution in [0.4, 0.5) is 0 Å². The number of unbranched alkanes of at least 4 members (excludes halogenated alkanes) is 18. The molecular weight excluding hydrogens is 1050 g/mol. The van der Waals surface area contributed by atoms with Gasteiger partial charge in [0, 0.05) is 11.1 Å². The molecule has 7 rings (SSSR count). The molecule has 0 aliphatic rings. The number of hydrogen-bond donors (Lipinski definition) is 0. The number of esters is 2. The molecule has 10 heteroatoms. The van der Waals surface area contributed by atoms with Gasteiger partial charge in [-0.25, -0.2) is 9.59 Å². The van der Waals surface area contributed by atoms with Gasteiger partial charge in [0.15, 0.2) is 0 Å². The van der Waals surface area contributed by atoms with Crippen LogP contribution in [0.3, 0.4) is 0 Å². The Morgan fingerprint density at radius 2 is 0.524 bits per heavy atom. The van der Waals surface area contributed by atoms with Crippen molar-refractivity contribution in [2.45, 2.75) is 155 Å². The molecule has 7 aromatic rings. The van der Waals surface area contributed by atoms with Crippen molar-refractivity contribution < 1.29 is 47.5 Å². The maximum Gasteiger partial charge on any atom is 0.343 e. The SMILES string of the molecule is CCCCCOc1ccc(C(=O)Oc2ccc(OCCCCCCCCCCOc3cc(-c4ccccc4)c(OCCCCCCCCCCOc4ccc(OC(=O)c5ccc(OCCCCC)cc5)cc4)cc3-c3ccccc3)cc2)cc1. The predicted molar refractivity (Wildman–Crippen MR) is 339 cm³/mol. The van der Waals surface area contributed by atoms with Crippen molar-refractivity contribution in [1.29, 1.82) is 0 Å². The molecule has 0 saturated heterocycles. The van der Waals surface area contributed by atoms with Gasteiger partial charge in [0.2, 0.25) is 0 Å². The second kappa shape index (κ2) is 38.2. The molecule has 0 radical (unpaired) electrons. The Bertz CT molecular complexity index is 2690. The summed E-state index contributed by atoms with van der Waals surface area (Å²) in [6, 6.07) is 54.0. The van der Waals surface area contributed by atoms with Crippen molar-refractivity contribution in [3.63, 3.8) is 0 Å². The van der Waals surface area contributed by atoms with Gasteiger partial charge >= 0.3 is 11.9 Å². The summed E-state index contributed by atoms with van der Waals surface area (Å²) in [7, 11) is 0. The Balaban J connectivity index is 0.732. The van der Waals surface area contributed by atoms with E-state index in [1.165, 1.54) is 51.4 Å². The van der Waals surface area contributed by atoms with Gasteiger partial charge in [-0.3, -0.25) is 0 Å². The molecule has 0 heterocycles. The van der Waals surface area contributed by atoms with Crippen LogP contribution < -0.4 is 37.9 Å². The molecule has 0 N–H and O–H groups in total. The maximum absolute atomic E-state index is 12.7. The minimum atomic E-state index is -0.401. The highest BCUT2D eigenvalue weighted by atomic mass is 16.5. The molecule has 446 valence electrons. The average Bonchev–Trinajstić information content (AvgIpc) is 3.18. The minimum Gasteiger partial charge on any atom is -0.494 e. The molecule has 0 saturated carbocycles. The van der Waals surface area contributed by atoms with Crippen LogP contribution in [0.15, 0.2) is 170 Å². The molecule has 0 unspecified atom stereocenters.